The lowest BCUT2D eigenvalue weighted by molar-refractivity contribution is 0.295. The van der Waals surface area contributed by atoms with E-state index in [1.54, 1.807) is 0 Å². The number of thioether (sulfide) groups is 1. The molecule has 0 nitrogen and oxygen atoms in total. The summed E-state index contributed by atoms with van der Waals surface area (Å²) in [4.78, 5) is 0. The number of alkyl halides is 1. The van der Waals surface area contributed by atoms with Crippen molar-refractivity contribution in [2.75, 3.05) is 17.4 Å². The van der Waals surface area contributed by atoms with Crippen molar-refractivity contribution in [2.24, 2.45) is 5.41 Å². The second kappa shape index (κ2) is 7.08. The number of halogens is 1. The summed E-state index contributed by atoms with van der Waals surface area (Å²) in [6, 6.07) is 0. The van der Waals surface area contributed by atoms with Gasteiger partial charge in [-0.2, -0.15) is 11.8 Å². The van der Waals surface area contributed by atoms with Crippen molar-refractivity contribution in [1.29, 1.82) is 0 Å². The Hall–Kier alpha value is 0.640. The van der Waals surface area contributed by atoms with Crippen LogP contribution in [-0.4, -0.2) is 17.4 Å². The van der Waals surface area contributed by atoms with Crippen molar-refractivity contribution in [3.05, 3.63) is 0 Å². The van der Waals surface area contributed by atoms with Crippen LogP contribution >= 0.6 is 23.4 Å². The normalized spacial score (nSPS) is 12.0. The fourth-order valence-corrected chi connectivity index (χ4v) is 2.67. The van der Waals surface area contributed by atoms with Crippen LogP contribution in [-0.2, 0) is 0 Å². The first kappa shape index (κ1) is 12.6. The maximum atomic E-state index is 5.99. The largest absolute Gasteiger partial charge is 0.162 e. The van der Waals surface area contributed by atoms with Crippen LogP contribution in [0.2, 0.25) is 0 Å². The minimum absolute atomic E-state index is 0.420. The molecule has 0 aromatic carbocycles. The molecule has 0 fully saturated rings. The maximum Gasteiger partial charge on any atom is 0.0280 e. The Morgan fingerprint density at radius 1 is 1.17 bits per heavy atom. The van der Waals surface area contributed by atoms with Gasteiger partial charge in [-0.15, -0.1) is 11.6 Å². The Morgan fingerprint density at radius 3 is 2.08 bits per heavy atom. The van der Waals surface area contributed by atoms with Gasteiger partial charge < -0.3 is 0 Å². The van der Waals surface area contributed by atoms with E-state index in [1.807, 2.05) is 11.8 Å². The molecule has 74 valence electrons. The molecular formula is C10H21ClS. The van der Waals surface area contributed by atoms with E-state index >= 15 is 0 Å². The minimum Gasteiger partial charge on any atom is -0.162 e. The third kappa shape index (κ3) is 4.04. The Balaban J connectivity index is 3.76. The number of rotatable bonds is 7. The lowest BCUT2D eigenvalue weighted by atomic mass is 9.82. The SMILES string of the molecule is CCSCCC(CC)(CC)CCl. The van der Waals surface area contributed by atoms with E-state index in [9.17, 15) is 0 Å². The molecule has 0 amide bonds. The van der Waals surface area contributed by atoms with Gasteiger partial charge in [0.15, 0.2) is 0 Å². The molecule has 0 unspecified atom stereocenters. The van der Waals surface area contributed by atoms with Crippen LogP contribution in [0.3, 0.4) is 0 Å². The average Bonchev–Trinajstić information content (AvgIpc) is 2.14. The van der Waals surface area contributed by atoms with E-state index < -0.39 is 0 Å². The van der Waals surface area contributed by atoms with Gasteiger partial charge in [-0.25, -0.2) is 0 Å². The summed E-state index contributed by atoms with van der Waals surface area (Å²) in [6.07, 6.45) is 3.72. The van der Waals surface area contributed by atoms with Gasteiger partial charge >= 0.3 is 0 Å². The minimum atomic E-state index is 0.420. The van der Waals surface area contributed by atoms with Crippen molar-refractivity contribution in [3.8, 4) is 0 Å². The van der Waals surface area contributed by atoms with Gasteiger partial charge in [0, 0.05) is 5.88 Å². The van der Waals surface area contributed by atoms with Crippen LogP contribution in [0.15, 0.2) is 0 Å². The van der Waals surface area contributed by atoms with E-state index in [4.69, 9.17) is 11.6 Å². The van der Waals surface area contributed by atoms with Crippen LogP contribution in [0.5, 0.6) is 0 Å². The molecule has 0 saturated heterocycles. The molecule has 0 aliphatic rings. The van der Waals surface area contributed by atoms with Crippen LogP contribution in [0.25, 0.3) is 0 Å². The molecule has 0 saturated carbocycles. The zero-order chi connectivity index (χ0) is 9.45. The molecule has 0 heterocycles. The second-order valence-corrected chi connectivity index (χ2v) is 4.95. The standard InChI is InChI=1S/C10H21ClS/c1-4-10(5-2,9-11)7-8-12-6-3/h4-9H2,1-3H3. The summed E-state index contributed by atoms with van der Waals surface area (Å²) in [6.45, 7) is 6.72. The molecule has 0 bridgehead atoms. The maximum absolute atomic E-state index is 5.99. The highest BCUT2D eigenvalue weighted by molar-refractivity contribution is 7.99. The monoisotopic (exact) mass is 208 g/mol. The highest BCUT2D eigenvalue weighted by Crippen LogP contribution is 2.33. The summed E-state index contributed by atoms with van der Waals surface area (Å²) in [5.74, 6) is 3.32. The lowest BCUT2D eigenvalue weighted by Gasteiger charge is -2.28. The Kier molecular flexibility index (Phi) is 7.46. The van der Waals surface area contributed by atoms with Gasteiger partial charge in [-0.3, -0.25) is 0 Å². The molecule has 0 radical (unpaired) electrons. The van der Waals surface area contributed by atoms with Crippen molar-refractivity contribution in [1.82, 2.24) is 0 Å². The molecule has 0 N–H and O–H groups in total. The first-order chi connectivity index (χ1) is 5.74. The smallest absolute Gasteiger partial charge is 0.0280 e. The molecular weight excluding hydrogens is 188 g/mol. The molecule has 2 heteroatoms. The average molecular weight is 209 g/mol. The van der Waals surface area contributed by atoms with E-state index in [2.05, 4.69) is 20.8 Å². The van der Waals surface area contributed by atoms with Gasteiger partial charge in [0.1, 0.15) is 0 Å². The summed E-state index contributed by atoms with van der Waals surface area (Å²) in [7, 11) is 0. The fourth-order valence-electron chi connectivity index (χ4n) is 1.29. The lowest BCUT2D eigenvalue weighted by Crippen LogP contribution is -2.21. The van der Waals surface area contributed by atoms with Gasteiger partial charge in [0.05, 0.1) is 0 Å². The fraction of sp³-hybridized carbons (Fsp3) is 1.00. The molecule has 0 aliphatic heterocycles. The van der Waals surface area contributed by atoms with Crippen molar-refractivity contribution in [2.45, 2.75) is 40.0 Å². The first-order valence-corrected chi connectivity index (χ1v) is 6.57. The molecule has 0 aliphatic carbocycles. The topological polar surface area (TPSA) is 0 Å². The predicted octanol–water partition coefficient (Wildman–Crippen LogP) is 4.17. The van der Waals surface area contributed by atoms with Crippen LogP contribution < -0.4 is 0 Å². The Morgan fingerprint density at radius 2 is 1.75 bits per heavy atom. The quantitative estimate of drug-likeness (QED) is 0.447. The third-order valence-electron chi connectivity index (χ3n) is 2.76. The molecule has 0 aromatic heterocycles. The predicted molar refractivity (Wildman–Crippen MR) is 61.4 cm³/mol. The van der Waals surface area contributed by atoms with E-state index in [0.29, 0.717) is 5.41 Å². The van der Waals surface area contributed by atoms with E-state index in [1.165, 1.54) is 30.8 Å². The van der Waals surface area contributed by atoms with Crippen LogP contribution in [0.4, 0.5) is 0 Å². The van der Waals surface area contributed by atoms with Gasteiger partial charge in [0.25, 0.3) is 0 Å². The molecule has 12 heavy (non-hydrogen) atoms. The van der Waals surface area contributed by atoms with Crippen LogP contribution in [0, 0.1) is 5.41 Å². The van der Waals surface area contributed by atoms with Crippen LogP contribution in [0.1, 0.15) is 40.0 Å². The highest BCUT2D eigenvalue weighted by atomic mass is 35.5. The molecule has 0 aromatic rings. The van der Waals surface area contributed by atoms with Gasteiger partial charge in [-0.1, -0.05) is 20.8 Å². The highest BCUT2D eigenvalue weighted by Gasteiger charge is 2.23. The molecule has 0 rings (SSSR count). The van der Waals surface area contributed by atoms with Gasteiger partial charge in [0.2, 0.25) is 0 Å². The van der Waals surface area contributed by atoms with E-state index in [0.717, 1.165) is 5.88 Å². The first-order valence-electron chi connectivity index (χ1n) is 4.88. The van der Waals surface area contributed by atoms with Crippen molar-refractivity contribution >= 4 is 23.4 Å². The van der Waals surface area contributed by atoms with Crippen molar-refractivity contribution < 1.29 is 0 Å². The number of hydrogen-bond donors (Lipinski definition) is 0. The summed E-state index contributed by atoms with van der Waals surface area (Å²) in [5.41, 5.74) is 0.420. The number of hydrogen-bond acceptors (Lipinski definition) is 1. The van der Waals surface area contributed by atoms with Crippen molar-refractivity contribution in [3.63, 3.8) is 0 Å². The Bertz CT molecular complexity index is 91.7. The van der Waals surface area contributed by atoms with E-state index in [-0.39, 0.29) is 0 Å². The summed E-state index contributed by atoms with van der Waals surface area (Å²) >= 11 is 8.02. The molecule has 0 atom stereocenters. The zero-order valence-corrected chi connectivity index (χ0v) is 10.1. The second-order valence-electron chi connectivity index (χ2n) is 3.29. The zero-order valence-electron chi connectivity index (χ0n) is 8.53. The summed E-state index contributed by atoms with van der Waals surface area (Å²) in [5, 5.41) is 0. The van der Waals surface area contributed by atoms with Gasteiger partial charge in [-0.05, 0) is 36.2 Å². The third-order valence-corrected chi connectivity index (χ3v) is 4.23. The molecule has 0 spiro atoms. The Labute approximate surface area is 86.5 Å². The summed E-state index contributed by atoms with van der Waals surface area (Å²) < 4.78 is 0.